The number of aryl methyl sites for hydroxylation is 1. The van der Waals surface area contributed by atoms with Crippen molar-refractivity contribution in [3.05, 3.63) is 56.6 Å². The first-order valence-electron chi connectivity index (χ1n) is 5.65. The number of nitrogens with one attached hydrogen (secondary N) is 1. The summed E-state index contributed by atoms with van der Waals surface area (Å²) in [5, 5.41) is 7.67. The third-order valence-electron chi connectivity index (χ3n) is 2.71. The van der Waals surface area contributed by atoms with Crippen molar-refractivity contribution in [2.45, 2.75) is 20.0 Å². The molecule has 0 fully saturated rings. The van der Waals surface area contributed by atoms with E-state index in [1.165, 1.54) is 11.1 Å². The van der Waals surface area contributed by atoms with E-state index in [0.717, 1.165) is 13.1 Å². The molecule has 0 spiro atoms. The summed E-state index contributed by atoms with van der Waals surface area (Å²) in [6.45, 7) is 4.51. The van der Waals surface area contributed by atoms with E-state index < -0.39 is 0 Å². The van der Waals surface area contributed by atoms with Crippen molar-refractivity contribution in [3.63, 3.8) is 0 Å². The van der Waals surface area contributed by atoms with Gasteiger partial charge in [0, 0.05) is 31.9 Å². The molecule has 0 radical (unpaired) electrons. The summed E-state index contributed by atoms with van der Waals surface area (Å²) in [4.78, 5) is 11.4. The van der Waals surface area contributed by atoms with Gasteiger partial charge in [-0.3, -0.25) is 4.79 Å². The molecule has 0 aliphatic rings. The van der Waals surface area contributed by atoms with E-state index in [1.54, 1.807) is 28.0 Å². The minimum absolute atomic E-state index is 0.0565. The quantitative estimate of drug-likeness (QED) is 0.821. The van der Waals surface area contributed by atoms with Crippen LogP contribution in [0.3, 0.4) is 0 Å². The number of aromatic nitrogens is 1. The Hall–Kier alpha value is -1.39. The molecule has 0 aliphatic carbocycles. The van der Waals surface area contributed by atoms with Crippen LogP contribution in [-0.4, -0.2) is 11.1 Å². The summed E-state index contributed by atoms with van der Waals surface area (Å²) in [7, 11) is 0. The van der Waals surface area contributed by atoms with Crippen LogP contribution in [0.15, 0.2) is 40.0 Å². The van der Waals surface area contributed by atoms with Crippen molar-refractivity contribution >= 4 is 11.3 Å². The van der Waals surface area contributed by atoms with Gasteiger partial charge in [0.1, 0.15) is 0 Å². The molecule has 0 saturated heterocycles. The number of thiophene rings is 1. The summed E-state index contributed by atoms with van der Waals surface area (Å²) < 4.78 is 1.72. The van der Waals surface area contributed by atoms with Crippen LogP contribution in [0.25, 0.3) is 0 Å². The van der Waals surface area contributed by atoms with Crippen molar-refractivity contribution in [1.82, 2.24) is 9.88 Å². The van der Waals surface area contributed by atoms with Gasteiger partial charge in [0.15, 0.2) is 0 Å². The Morgan fingerprint density at radius 3 is 2.94 bits per heavy atom. The third-order valence-corrected chi connectivity index (χ3v) is 3.62. The number of nitrogens with zero attached hydrogens (tertiary/aromatic N) is 1. The Morgan fingerprint density at radius 2 is 2.24 bits per heavy atom. The zero-order chi connectivity index (χ0) is 12.1. The molecule has 0 amide bonds. The zero-order valence-corrected chi connectivity index (χ0v) is 10.7. The molecule has 90 valence electrons. The molecule has 0 saturated carbocycles. The lowest BCUT2D eigenvalue weighted by atomic mass is 10.2. The van der Waals surface area contributed by atoms with Gasteiger partial charge in [-0.25, -0.2) is 0 Å². The monoisotopic (exact) mass is 248 g/mol. The van der Waals surface area contributed by atoms with E-state index >= 15 is 0 Å². The number of rotatable bonds is 5. The van der Waals surface area contributed by atoms with E-state index in [0.29, 0.717) is 6.54 Å². The van der Waals surface area contributed by atoms with Gasteiger partial charge in [-0.05, 0) is 34.9 Å². The minimum Gasteiger partial charge on any atom is -0.314 e. The zero-order valence-electron chi connectivity index (χ0n) is 9.85. The largest absolute Gasteiger partial charge is 0.314 e. The van der Waals surface area contributed by atoms with E-state index in [2.05, 4.69) is 23.0 Å². The topological polar surface area (TPSA) is 34.0 Å². The Balaban J connectivity index is 1.79. The Kier molecular flexibility index (Phi) is 4.12. The van der Waals surface area contributed by atoms with Crippen LogP contribution in [0.5, 0.6) is 0 Å². The first-order valence-corrected chi connectivity index (χ1v) is 6.59. The fourth-order valence-electron chi connectivity index (χ4n) is 1.64. The van der Waals surface area contributed by atoms with Crippen LogP contribution in [0.2, 0.25) is 0 Å². The first kappa shape index (κ1) is 12.1. The average Bonchev–Trinajstić information content (AvgIpc) is 2.73. The lowest BCUT2D eigenvalue weighted by Gasteiger charge is -2.06. The molecule has 1 N–H and O–H groups in total. The van der Waals surface area contributed by atoms with Crippen molar-refractivity contribution < 1.29 is 0 Å². The summed E-state index contributed by atoms with van der Waals surface area (Å²) >= 11 is 1.73. The van der Waals surface area contributed by atoms with Crippen LogP contribution in [0.1, 0.15) is 11.1 Å². The van der Waals surface area contributed by atoms with Crippen molar-refractivity contribution in [2.75, 3.05) is 6.54 Å². The molecule has 0 aromatic carbocycles. The molecule has 4 heteroatoms. The van der Waals surface area contributed by atoms with Crippen molar-refractivity contribution in [3.8, 4) is 0 Å². The van der Waals surface area contributed by atoms with Crippen LogP contribution in [-0.2, 0) is 13.1 Å². The molecule has 2 heterocycles. The van der Waals surface area contributed by atoms with Gasteiger partial charge in [-0.2, -0.15) is 11.3 Å². The molecule has 3 nitrogen and oxygen atoms in total. The molecular weight excluding hydrogens is 232 g/mol. The summed E-state index contributed by atoms with van der Waals surface area (Å²) in [6, 6.07) is 5.23. The second kappa shape index (κ2) is 5.80. The lowest BCUT2D eigenvalue weighted by Crippen LogP contribution is -2.25. The lowest BCUT2D eigenvalue weighted by molar-refractivity contribution is 0.585. The van der Waals surface area contributed by atoms with Gasteiger partial charge in [0.25, 0.3) is 5.56 Å². The van der Waals surface area contributed by atoms with Gasteiger partial charge in [-0.1, -0.05) is 6.07 Å². The second-order valence-corrected chi connectivity index (χ2v) is 4.73. The fourth-order valence-corrected chi connectivity index (χ4v) is 2.49. The highest BCUT2D eigenvalue weighted by molar-refractivity contribution is 7.08. The molecule has 2 rings (SSSR count). The summed E-state index contributed by atoms with van der Waals surface area (Å²) in [6.07, 6.45) is 1.82. The van der Waals surface area contributed by atoms with Gasteiger partial charge < -0.3 is 9.88 Å². The number of hydrogen-bond acceptors (Lipinski definition) is 3. The van der Waals surface area contributed by atoms with E-state index in [9.17, 15) is 4.79 Å². The van der Waals surface area contributed by atoms with Gasteiger partial charge in [-0.15, -0.1) is 0 Å². The predicted molar refractivity (Wildman–Crippen MR) is 71.5 cm³/mol. The number of pyridine rings is 1. The predicted octanol–water partition coefficient (Wildman–Crippen LogP) is 2.01. The molecule has 0 unspecified atom stereocenters. The Labute approximate surface area is 105 Å². The molecule has 0 aliphatic heterocycles. The van der Waals surface area contributed by atoms with Gasteiger partial charge in [0.2, 0.25) is 0 Å². The second-order valence-electron chi connectivity index (χ2n) is 3.99. The molecule has 2 aromatic heterocycles. The van der Waals surface area contributed by atoms with Gasteiger partial charge in [0.05, 0.1) is 0 Å². The molecule has 2 aromatic rings. The van der Waals surface area contributed by atoms with Crippen LogP contribution in [0, 0.1) is 6.92 Å². The fraction of sp³-hybridized carbons (Fsp3) is 0.308. The highest BCUT2D eigenvalue weighted by Crippen LogP contribution is 2.12. The molecule has 17 heavy (non-hydrogen) atoms. The molecule has 0 atom stereocenters. The van der Waals surface area contributed by atoms with E-state index in [4.69, 9.17) is 0 Å². The van der Waals surface area contributed by atoms with E-state index in [1.807, 2.05) is 12.3 Å². The van der Waals surface area contributed by atoms with Gasteiger partial charge >= 0.3 is 0 Å². The van der Waals surface area contributed by atoms with E-state index in [-0.39, 0.29) is 5.56 Å². The first-order chi connectivity index (χ1) is 8.27. The number of hydrogen-bond donors (Lipinski definition) is 1. The maximum atomic E-state index is 11.4. The minimum atomic E-state index is 0.0565. The summed E-state index contributed by atoms with van der Waals surface area (Å²) in [5.41, 5.74) is 2.73. The smallest absolute Gasteiger partial charge is 0.250 e. The van der Waals surface area contributed by atoms with Crippen molar-refractivity contribution in [2.24, 2.45) is 0 Å². The van der Waals surface area contributed by atoms with Crippen molar-refractivity contribution in [1.29, 1.82) is 0 Å². The molecule has 0 bridgehead atoms. The Morgan fingerprint density at radius 1 is 1.35 bits per heavy atom. The normalized spacial score (nSPS) is 10.6. The van der Waals surface area contributed by atoms with Crippen LogP contribution >= 0.6 is 11.3 Å². The Bertz CT molecular complexity index is 530. The highest BCUT2D eigenvalue weighted by Gasteiger charge is 1.98. The highest BCUT2D eigenvalue weighted by atomic mass is 32.1. The van der Waals surface area contributed by atoms with Crippen LogP contribution < -0.4 is 10.9 Å². The average molecular weight is 248 g/mol. The molecular formula is C13H16N2OS. The SMILES string of the molecule is Cc1cscc1CNCCn1ccccc1=O. The van der Waals surface area contributed by atoms with Crippen LogP contribution in [0.4, 0.5) is 0 Å². The standard InChI is InChI=1S/C13H16N2OS/c1-11-9-17-10-12(11)8-14-5-7-15-6-3-2-4-13(15)16/h2-4,6,9-10,14H,5,7-8H2,1H3. The maximum absolute atomic E-state index is 11.4. The maximum Gasteiger partial charge on any atom is 0.250 e. The third kappa shape index (κ3) is 3.28. The summed E-state index contributed by atoms with van der Waals surface area (Å²) in [5.74, 6) is 0.